The molecule has 0 atom stereocenters. The highest BCUT2D eigenvalue weighted by atomic mass is 32.2. The van der Waals surface area contributed by atoms with Gasteiger partial charge < -0.3 is 5.32 Å². The van der Waals surface area contributed by atoms with Crippen molar-refractivity contribution in [3.05, 3.63) is 29.8 Å². The zero-order valence-corrected chi connectivity index (χ0v) is 11.1. The van der Waals surface area contributed by atoms with Gasteiger partial charge in [0.15, 0.2) is 0 Å². The average Bonchev–Trinajstić information content (AvgIpc) is 2.18. The monoisotopic (exact) mass is 237 g/mol. The molecular weight excluding hydrogens is 218 g/mol. The third kappa shape index (κ3) is 5.21. The van der Waals surface area contributed by atoms with Gasteiger partial charge in [-0.2, -0.15) is 0 Å². The average molecular weight is 237 g/mol. The van der Waals surface area contributed by atoms with Crippen LogP contribution in [-0.4, -0.2) is 16.4 Å². The van der Waals surface area contributed by atoms with Gasteiger partial charge in [0.05, 0.1) is 5.75 Å². The smallest absolute Gasteiger partial charge is 0.234 e. The summed E-state index contributed by atoms with van der Waals surface area (Å²) in [5, 5.41) is 2.88. The maximum Gasteiger partial charge on any atom is 0.234 e. The first-order valence-corrected chi connectivity index (χ1v) is 6.36. The van der Waals surface area contributed by atoms with Gasteiger partial charge in [0.1, 0.15) is 0 Å². The molecule has 0 aliphatic heterocycles. The largest absolute Gasteiger partial charge is 0.325 e. The third-order valence-corrected chi connectivity index (χ3v) is 3.24. The van der Waals surface area contributed by atoms with Crippen molar-refractivity contribution >= 4 is 23.4 Å². The van der Waals surface area contributed by atoms with Crippen LogP contribution in [0.1, 0.15) is 26.3 Å². The van der Waals surface area contributed by atoms with Crippen molar-refractivity contribution < 1.29 is 4.79 Å². The summed E-state index contributed by atoms with van der Waals surface area (Å²) in [7, 11) is 0. The molecule has 3 heteroatoms. The molecule has 2 nitrogen and oxygen atoms in total. The van der Waals surface area contributed by atoms with E-state index in [4.69, 9.17) is 0 Å². The van der Waals surface area contributed by atoms with Crippen LogP contribution in [0.3, 0.4) is 0 Å². The van der Waals surface area contributed by atoms with Gasteiger partial charge >= 0.3 is 0 Å². The van der Waals surface area contributed by atoms with E-state index in [0.717, 1.165) is 5.69 Å². The second-order valence-corrected chi connectivity index (χ2v) is 6.62. The van der Waals surface area contributed by atoms with Gasteiger partial charge in [-0.25, -0.2) is 0 Å². The van der Waals surface area contributed by atoms with Crippen molar-refractivity contribution in [3.8, 4) is 0 Å². The number of benzene rings is 1. The van der Waals surface area contributed by atoms with Gasteiger partial charge in [0.25, 0.3) is 0 Å². The van der Waals surface area contributed by atoms with E-state index >= 15 is 0 Å². The van der Waals surface area contributed by atoms with Gasteiger partial charge in [0, 0.05) is 10.4 Å². The predicted molar refractivity (Wildman–Crippen MR) is 72.0 cm³/mol. The maximum absolute atomic E-state index is 11.6. The highest BCUT2D eigenvalue weighted by molar-refractivity contribution is 8.01. The second-order valence-electron chi connectivity index (χ2n) is 4.82. The normalized spacial score (nSPS) is 11.2. The van der Waals surface area contributed by atoms with Crippen LogP contribution in [-0.2, 0) is 4.79 Å². The molecule has 1 aromatic carbocycles. The van der Waals surface area contributed by atoms with Crippen LogP contribution in [0, 0.1) is 6.92 Å². The highest BCUT2D eigenvalue weighted by Crippen LogP contribution is 2.23. The van der Waals surface area contributed by atoms with Gasteiger partial charge in [-0.3, -0.25) is 4.79 Å². The topological polar surface area (TPSA) is 29.1 Å². The van der Waals surface area contributed by atoms with Crippen molar-refractivity contribution in [2.75, 3.05) is 11.1 Å². The van der Waals surface area contributed by atoms with Gasteiger partial charge in [-0.05, 0) is 19.1 Å². The van der Waals surface area contributed by atoms with Crippen molar-refractivity contribution in [2.45, 2.75) is 32.4 Å². The molecule has 1 N–H and O–H groups in total. The highest BCUT2D eigenvalue weighted by Gasteiger charge is 2.13. The van der Waals surface area contributed by atoms with Crippen molar-refractivity contribution in [1.29, 1.82) is 0 Å². The number of amides is 1. The van der Waals surface area contributed by atoms with Crippen LogP contribution in [0.5, 0.6) is 0 Å². The molecular formula is C13H19NOS. The van der Waals surface area contributed by atoms with Crippen LogP contribution in [0.25, 0.3) is 0 Å². The summed E-state index contributed by atoms with van der Waals surface area (Å²) in [4.78, 5) is 11.6. The van der Waals surface area contributed by atoms with Crippen LogP contribution < -0.4 is 5.32 Å². The lowest BCUT2D eigenvalue weighted by atomic mass is 10.2. The Hall–Kier alpha value is -0.960. The Morgan fingerprint density at radius 1 is 1.25 bits per heavy atom. The zero-order valence-electron chi connectivity index (χ0n) is 10.3. The van der Waals surface area contributed by atoms with E-state index in [2.05, 4.69) is 26.1 Å². The summed E-state index contributed by atoms with van der Waals surface area (Å²) in [6.45, 7) is 8.35. The van der Waals surface area contributed by atoms with Crippen LogP contribution in [0.15, 0.2) is 24.3 Å². The molecule has 0 spiro atoms. The summed E-state index contributed by atoms with van der Waals surface area (Å²) in [6, 6.07) is 7.84. The van der Waals surface area contributed by atoms with Gasteiger partial charge in [-0.15, -0.1) is 11.8 Å². The summed E-state index contributed by atoms with van der Waals surface area (Å²) in [6.07, 6.45) is 0. The third-order valence-electron chi connectivity index (χ3n) is 1.97. The van der Waals surface area contributed by atoms with Crippen LogP contribution in [0.4, 0.5) is 5.69 Å². The standard InChI is InChI=1S/C13H19NOS/c1-10-5-7-11(8-6-10)14-12(15)9-16-13(2,3)4/h5-8H,9H2,1-4H3,(H,14,15). The van der Waals surface area contributed by atoms with Gasteiger partial charge in [-0.1, -0.05) is 38.5 Å². The number of anilines is 1. The van der Waals surface area contributed by atoms with Crippen LogP contribution >= 0.6 is 11.8 Å². The summed E-state index contributed by atoms with van der Waals surface area (Å²) in [5.74, 6) is 0.556. The quantitative estimate of drug-likeness (QED) is 0.872. The Labute approximate surface area is 102 Å². The number of carbonyl (C=O) groups excluding carboxylic acids is 1. The fourth-order valence-corrected chi connectivity index (χ4v) is 1.75. The number of hydrogen-bond donors (Lipinski definition) is 1. The summed E-state index contributed by atoms with van der Waals surface area (Å²) < 4.78 is 0.130. The molecule has 16 heavy (non-hydrogen) atoms. The van der Waals surface area contributed by atoms with Crippen molar-refractivity contribution in [3.63, 3.8) is 0 Å². The Kier molecular flexibility index (Phi) is 4.42. The van der Waals surface area contributed by atoms with Crippen LogP contribution in [0.2, 0.25) is 0 Å². The molecule has 0 fully saturated rings. The van der Waals surface area contributed by atoms with E-state index < -0.39 is 0 Å². The Bertz CT molecular complexity index is 351. The molecule has 0 aliphatic rings. The molecule has 1 rings (SSSR count). The maximum atomic E-state index is 11.6. The van der Waals surface area contributed by atoms with E-state index in [-0.39, 0.29) is 10.7 Å². The Morgan fingerprint density at radius 3 is 2.31 bits per heavy atom. The first kappa shape index (κ1) is 13.1. The second kappa shape index (κ2) is 5.39. The first-order chi connectivity index (χ1) is 7.37. The SMILES string of the molecule is Cc1ccc(NC(=O)CSC(C)(C)C)cc1. The molecule has 0 bridgehead atoms. The lowest BCUT2D eigenvalue weighted by Crippen LogP contribution is -2.18. The molecule has 0 saturated heterocycles. The number of aryl methyl sites for hydroxylation is 1. The van der Waals surface area contributed by atoms with E-state index in [0.29, 0.717) is 5.75 Å². The molecule has 88 valence electrons. The number of nitrogens with one attached hydrogen (secondary N) is 1. The molecule has 0 aromatic heterocycles. The Morgan fingerprint density at radius 2 is 1.81 bits per heavy atom. The van der Waals surface area contributed by atoms with E-state index in [1.54, 1.807) is 11.8 Å². The molecule has 0 heterocycles. The minimum atomic E-state index is 0.0591. The minimum Gasteiger partial charge on any atom is -0.325 e. The lowest BCUT2D eigenvalue weighted by Gasteiger charge is -2.16. The fourth-order valence-electron chi connectivity index (χ4n) is 1.12. The first-order valence-electron chi connectivity index (χ1n) is 5.37. The molecule has 1 aromatic rings. The summed E-state index contributed by atoms with van der Waals surface area (Å²) >= 11 is 1.65. The molecule has 0 radical (unpaired) electrons. The van der Waals surface area contributed by atoms with Crippen molar-refractivity contribution in [2.24, 2.45) is 0 Å². The number of thioether (sulfide) groups is 1. The minimum absolute atomic E-state index is 0.0591. The lowest BCUT2D eigenvalue weighted by molar-refractivity contribution is -0.113. The van der Waals surface area contributed by atoms with E-state index in [9.17, 15) is 4.79 Å². The predicted octanol–water partition coefficient (Wildman–Crippen LogP) is 3.47. The molecule has 0 aliphatic carbocycles. The van der Waals surface area contributed by atoms with Gasteiger partial charge in [0.2, 0.25) is 5.91 Å². The number of hydrogen-bond acceptors (Lipinski definition) is 2. The fraction of sp³-hybridized carbons (Fsp3) is 0.462. The number of rotatable bonds is 3. The molecule has 0 saturated carbocycles. The molecule has 1 amide bonds. The number of carbonyl (C=O) groups is 1. The van der Waals surface area contributed by atoms with Crippen molar-refractivity contribution in [1.82, 2.24) is 0 Å². The summed E-state index contributed by atoms with van der Waals surface area (Å²) in [5.41, 5.74) is 2.06. The van der Waals surface area contributed by atoms with E-state index in [1.165, 1.54) is 5.56 Å². The Balaban J connectivity index is 2.43. The molecule has 0 unspecified atom stereocenters. The zero-order chi connectivity index (χ0) is 12.2. The van der Waals surface area contributed by atoms with E-state index in [1.807, 2.05) is 31.2 Å².